The molecule has 0 N–H and O–H groups in total. The molecule has 0 aliphatic carbocycles. The number of hydrogen-bond donors (Lipinski definition) is 0. The van der Waals surface area contributed by atoms with Gasteiger partial charge in [0.1, 0.15) is 28.7 Å². The van der Waals surface area contributed by atoms with Crippen molar-refractivity contribution in [3.63, 3.8) is 0 Å². The maximum Gasteiger partial charge on any atom is 0.410 e. The molecule has 1 heterocycles. The molecule has 1 saturated heterocycles. The molecule has 1 aliphatic rings. The van der Waals surface area contributed by atoms with Crippen molar-refractivity contribution < 1.29 is 32.6 Å². The number of nitrogens with zero attached hydrogens (tertiary/aromatic N) is 2. The Hall–Kier alpha value is -3.62. The maximum atomic E-state index is 14.3. The van der Waals surface area contributed by atoms with E-state index in [9.17, 15) is 18.4 Å². The minimum Gasteiger partial charge on any atom is -0.497 e. The predicted octanol–water partition coefficient (Wildman–Crippen LogP) is 5.93. The smallest absolute Gasteiger partial charge is 0.410 e. The topological polar surface area (TPSA) is 68.3 Å². The molecule has 0 aromatic heterocycles. The molecular weight excluding hydrogens is 494 g/mol. The van der Waals surface area contributed by atoms with Crippen LogP contribution in [-0.4, -0.2) is 67.3 Å². The molecule has 206 valence electrons. The van der Waals surface area contributed by atoms with E-state index in [1.54, 1.807) is 41.0 Å². The van der Waals surface area contributed by atoms with Crippen molar-refractivity contribution in [2.24, 2.45) is 0 Å². The highest BCUT2D eigenvalue weighted by Gasteiger charge is 2.34. The van der Waals surface area contributed by atoms with Crippen molar-refractivity contribution in [1.29, 1.82) is 0 Å². The van der Waals surface area contributed by atoms with E-state index in [0.29, 0.717) is 35.6 Å². The Morgan fingerprint density at radius 3 is 2.32 bits per heavy atom. The van der Waals surface area contributed by atoms with Crippen molar-refractivity contribution >= 4 is 18.1 Å². The lowest BCUT2D eigenvalue weighted by Crippen LogP contribution is -2.47. The molecule has 1 fully saturated rings. The van der Waals surface area contributed by atoms with Gasteiger partial charge in [-0.05, 0) is 64.8 Å². The fourth-order valence-corrected chi connectivity index (χ4v) is 4.40. The van der Waals surface area contributed by atoms with E-state index in [1.807, 2.05) is 20.8 Å². The molecule has 7 nitrogen and oxygen atoms in total. The second kappa shape index (κ2) is 12.3. The van der Waals surface area contributed by atoms with E-state index in [-0.39, 0.29) is 30.6 Å². The lowest BCUT2D eigenvalue weighted by molar-refractivity contribution is 0.0194. The molecule has 38 heavy (non-hydrogen) atoms. The van der Waals surface area contributed by atoms with Gasteiger partial charge in [0.2, 0.25) is 0 Å². The first-order valence-corrected chi connectivity index (χ1v) is 12.5. The molecule has 0 bridgehead atoms. The molecule has 2 aromatic carbocycles. The summed E-state index contributed by atoms with van der Waals surface area (Å²) in [6.45, 7) is 8.14. The Kier molecular flexibility index (Phi) is 9.36. The number of amides is 2. The van der Waals surface area contributed by atoms with E-state index >= 15 is 0 Å². The summed E-state index contributed by atoms with van der Waals surface area (Å²) in [5, 5.41) is 0. The highest BCUT2D eigenvalue weighted by atomic mass is 19.1. The fourth-order valence-electron chi connectivity index (χ4n) is 4.40. The second-order valence-corrected chi connectivity index (χ2v) is 10.4. The molecule has 9 heteroatoms. The minimum absolute atomic E-state index is 0.161. The van der Waals surface area contributed by atoms with Crippen LogP contribution in [0.1, 0.15) is 56.5 Å². The first-order chi connectivity index (χ1) is 17.9. The normalized spacial score (nSPS) is 15.8. The number of methoxy groups -OCH3 is 2. The summed E-state index contributed by atoms with van der Waals surface area (Å²) in [4.78, 5) is 30.0. The lowest BCUT2D eigenvalue weighted by atomic mass is 10.1. The summed E-state index contributed by atoms with van der Waals surface area (Å²) in [6.07, 6.45) is 2.66. The molecule has 2 aromatic rings. The number of hydrogen-bond acceptors (Lipinski definition) is 5. The van der Waals surface area contributed by atoms with Crippen LogP contribution in [0.4, 0.5) is 13.6 Å². The fraction of sp³-hybridized carbons (Fsp3) is 0.448. The summed E-state index contributed by atoms with van der Waals surface area (Å²) in [5.41, 5.74) is 0.606. The number of ether oxygens (including phenoxy) is 3. The number of halogens is 2. The predicted molar refractivity (Wildman–Crippen MR) is 141 cm³/mol. The minimum atomic E-state index is -0.688. The van der Waals surface area contributed by atoms with Crippen LogP contribution in [0.15, 0.2) is 42.0 Å². The second-order valence-electron chi connectivity index (χ2n) is 10.4. The molecule has 3 rings (SSSR count). The van der Waals surface area contributed by atoms with Crippen LogP contribution in [0.2, 0.25) is 0 Å². The Labute approximate surface area is 223 Å². The van der Waals surface area contributed by atoms with E-state index in [4.69, 9.17) is 14.2 Å². The van der Waals surface area contributed by atoms with Crippen molar-refractivity contribution in [3.8, 4) is 11.5 Å². The van der Waals surface area contributed by atoms with Crippen molar-refractivity contribution in [1.82, 2.24) is 9.80 Å². The Balaban J connectivity index is 1.92. The van der Waals surface area contributed by atoms with Crippen LogP contribution in [-0.2, 0) is 4.74 Å². The van der Waals surface area contributed by atoms with Gasteiger partial charge < -0.3 is 24.0 Å². The summed E-state index contributed by atoms with van der Waals surface area (Å²) >= 11 is 0. The SMILES string of the molecule is COc1cc(OC)cc(C(=O)N(CC(C)=Cc2ccc(F)cc2F)CC2CCCN2C(=O)OC(C)(C)C)c1. The van der Waals surface area contributed by atoms with Gasteiger partial charge in [0.05, 0.1) is 20.3 Å². The zero-order valence-corrected chi connectivity index (χ0v) is 22.8. The summed E-state index contributed by atoms with van der Waals surface area (Å²) < 4.78 is 43.9. The average Bonchev–Trinajstić information content (AvgIpc) is 3.32. The quantitative estimate of drug-likeness (QED) is 0.423. The number of rotatable bonds is 8. The molecule has 2 amide bonds. The van der Waals surface area contributed by atoms with Crippen LogP contribution in [0.5, 0.6) is 11.5 Å². The van der Waals surface area contributed by atoms with Crippen LogP contribution < -0.4 is 9.47 Å². The third-order valence-corrected chi connectivity index (χ3v) is 6.13. The van der Waals surface area contributed by atoms with Gasteiger partial charge >= 0.3 is 6.09 Å². The molecule has 0 radical (unpaired) electrons. The largest absolute Gasteiger partial charge is 0.497 e. The van der Waals surface area contributed by atoms with E-state index in [2.05, 4.69) is 0 Å². The zero-order chi connectivity index (χ0) is 28.0. The molecule has 0 spiro atoms. The number of carbonyl (C=O) groups is 2. The lowest BCUT2D eigenvalue weighted by Gasteiger charge is -2.32. The van der Waals surface area contributed by atoms with Crippen LogP contribution in [0.3, 0.4) is 0 Å². The summed E-state index contributed by atoms with van der Waals surface area (Å²) in [6, 6.07) is 8.02. The third kappa shape index (κ3) is 7.69. The first kappa shape index (κ1) is 28.9. The van der Waals surface area contributed by atoms with Crippen molar-refractivity contribution in [3.05, 3.63) is 64.7 Å². The van der Waals surface area contributed by atoms with Gasteiger partial charge in [-0.2, -0.15) is 0 Å². The van der Waals surface area contributed by atoms with Gasteiger partial charge in [0.25, 0.3) is 5.91 Å². The monoisotopic (exact) mass is 530 g/mol. The highest BCUT2D eigenvalue weighted by molar-refractivity contribution is 5.95. The summed E-state index contributed by atoms with van der Waals surface area (Å²) in [7, 11) is 3.00. The standard InChI is InChI=1S/C29H36F2N2O5/c1-19(12-20-9-10-22(30)15-26(20)31)17-32(27(34)21-13-24(36-5)16-25(14-21)37-6)18-23-8-7-11-33(23)28(35)38-29(2,3)4/h9-10,12-16,23H,7-8,11,17-18H2,1-6H3. The van der Waals surface area contributed by atoms with Crippen LogP contribution >= 0.6 is 0 Å². The van der Waals surface area contributed by atoms with E-state index < -0.39 is 23.3 Å². The van der Waals surface area contributed by atoms with E-state index in [1.165, 1.54) is 26.4 Å². The number of carbonyl (C=O) groups excluding carboxylic acids is 2. The number of likely N-dealkylation sites (tertiary alicyclic amines) is 1. The third-order valence-electron chi connectivity index (χ3n) is 6.13. The Bertz CT molecular complexity index is 1170. The van der Waals surface area contributed by atoms with E-state index in [0.717, 1.165) is 12.5 Å². The van der Waals surface area contributed by atoms with Crippen LogP contribution in [0, 0.1) is 11.6 Å². The molecular formula is C29H36F2N2O5. The highest BCUT2D eigenvalue weighted by Crippen LogP contribution is 2.26. The van der Waals surface area contributed by atoms with Gasteiger partial charge in [-0.15, -0.1) is 0 Å². The van der Waals surface area contributed by atoms with Crippen molar-refractivity contribution in [2.75, 3.05) is 33.9 Å². The maximum absolute atomic E-state index is 14.3. The Morgan fingerprint density at radius 1 is 1.08 bits per heavy atom. The van der Waals surface area contributed by atoms with Gasteiger partial charge in [0, 0.05) is 42.9 Å². The van der Waals surface area contributed by atoms with Gasteiger partial charge in [-0.25, -0.2) is 13.6 Å². The average molecular weight is 531 g/mol. The molecule has 1 unspecified atom stereocenters. The Morgan fingerprint density at radius 2 is 1.74 bits per heavy atom. The van der Waals surface area contributed by atoms with Gasteiger partial charge in [-0.3, -0.25) is 4.79 Å². The molecule has 1 atom stereocenters. The zero-order valence-electron chi connectivity index (χ0n) is 22.8. The summed E-state index contributed by atoms with van der Waals surface area (Å²) in [5.74, 6) is -0.726. The van der Waals surface area contributed by atoms with Gasteiger partial charge in [0.15, 0.2) is 0 Å². The van der Waals surface area contributed by atoms with Gasteiger partial charge in [-0.1, -0.05) is 11.6 Å². The molecule has 1 aliphatic heterocycles. The number of benzene rings is 2. The van der Waals surface area contributed by atoms with Crippen molar-refractivity contribution in [2.45, 2.75) is 52.2 Å². The first-order valence-electron chi connectivity index (χ1n) is 12.5. The van der Waals surface area contributed by atoms with Crippen LogP contribution in [0.25, 0.3) is 6.08 Å². The molecule has 0 saturated carbocycles.